The van der Waals surface area contributed by atoms with Crippen LogP contribution in [0.15, 0.2) is 36.4 Å². The second-order valence-electron chi connectivity index (χ2n) is 7.67. The van der Waals surface area contributed by atoms with Crippen LogP contribution in [0.5, 0.6) is 5.75 Å². The molecule has 0 spiro atoms. The van der Waals surface area contributed by atoms with Gasteiger partial charge in [0.2, 0.25) is 10.0 Å². The average molecular weight is 471 g/mol. The van der Waals surface area contributed by atoms with Crippen LogP contribution in [0.1, 0.15) is 42.4 Å². The third-order valence-corrected chi connectivity index (χ3v) is 7.58. The topological polar surface area (TPSA) is 81.4 Å². The van der Waals surface area contributed by atoms with Crippen molar-refractivity contribution >= 4 is 33.2 Å². The molecule has 2 atom stereocenters. The number of nitrogens with one attached hydrogen (secondary N) is 1. The molecule has 2 aromatic carbocycles. The van der Waals surface area contributed by atoms with Gasteiger partial charge in [-0.2, -0.15) is 0 Å². The molecule has 1 aliphatic rings. The number of halogens is 2. The Balaban J connectivity index is 1.70. The van der Waals surface area contributed by atoms with Gasteiger partial charge in [0.05, 0.1) is 5.75 Å². The Labute approximate surface area is 189 Å². The summed E-state index contributed by atoms with van der Waals surface area (Å²) in [4.78, 5) is 0. The molecule has 3 rings (SSSR count). The lowest BCUT2D eigenvalue weighted by atomic mass is 9.76. The van der Waals surface area contributed by atoms with Crippen molar-refractivity contribution in [2.45, 2.75) is 44.6 Å². The number of sulfonamides is 1. The minimum Gasteiger partial charge on any atom is -0.492 e. The first-order chi connectivity index (χ1) is 14.3. The normalized spacial score (nSPS) is 18.8. The van der Waals surface area contributed by atoms with Crippen molar-refractivity contribution in [1.82, 2.24) is 4.72 Å². The summed E-state index contributed by atoms with van der Waals surface area (Å²) in [6, 6.07) is 11.6. The van der Waals surface area contributed by atoms with Crippen LogP contribution in [0.25, 0.3) is 0 Å². The minimum absolute atomic E-state index is 0.0281. The Morgan fingerprint density at radius 2 is 2.00 bits per heavy atom. The summed E-state index contributed by atoms with van der Waals surface area (Å²) in [6.07, 6.45) is 3.16. The fourth-order valence-electron chi connectivity index (χ4n) is 3.88. The summed E-state index contributed by atoms with van der Waals surface area (Å²) in [5, 5.41) is 1.26. The van der Waals surface area contributed by atoms with Crippen LogP contribution >= 0.6 is 23.2 Å². The highest BCUT2D eigenvalue weighted by atomic mass is 35.5. The summed E-state index contributed by atoms with van der Waals surface area (Å²) < 4.78 is 31.8. The van der Waals surface area contributed by atoms with E-state index in [0.717, 1.165) is 24.8 Å². The molecule has 0 fully saturated rings. The monoisotopic (exact) mass is 470 g/mol. The Morgan fingerprint density at radius 3 is 2.73 bits per heavy atom. The number of nitrogens with two attached hydrogens (primary N) is 1. The SMILES string of the molecule is CCCS(=O)(=O)NCCOc1ccc2c(c1)C(Cc1ccc(Cl)cc1Cl)C(N)CC2. The number of rotatable bonds is 9. The van der Waals surface area contributed by atoms with Gasteiger partial charge in [-0.15, -0.1) is 0 Å². The number of hydrogen-bond donors (Lipinski definition) is 2. The highest BCUT2D eigenvalue weighted by Crippen LogP contribution is 2.37. The molecule has 0 amide bonds. The van der Waals surface area contributed by atoms with Gasteiger partial charge in [0.15, 0.2) is 0 Å². The fourth-order valence-corrected chi connectivity index (χ4v) is 5.44. The molecule has 0 aliphatic heterocycles. The maximum absolute atomic E-state index is 11.7. The zero-order valence-electron chi connectivity index (χ0n) is 17.0. The third-order valence-electron chi connectivity index (χ3n) is 5.40. The lowest BCUT2D eigenvalue weighted by Gasteiger charge is -2.32. The average Bonchev–Trinajstić information content (AvgIpc) is 2.69. The van der Waals surface area contributed by atoms with Gasteiger partial charge in [-0.3, -0.25) is 0 Å². The quantitative estimate of drug-likeness (QED) is 0.535. The number of fused-ring (bicyclic) bond motifs is 1. The molecule has 30 heavy (non-hydrogen) atoms. The Hall–Kier alpha value is -1.31. The highest BCUT2D eigenvalue weighted by Gasteiger charge is 2.28. The molecular weight excluding hydrogens is 443 g/mol. The maximum atomic E-state index is 11.7. The molecule has 2 aromatic rings. The summed E-state index contributed by atoms with van der Waals surface area (Å²) in [5.74, 6) is 0.961. The van der Waals surface area contributed by atoms with Crippen molar-refractivity contribution in [2.75, 3.05) is 18.9 Å². The van der Waals surface area contributed by atoms with Crippen LogP contribution in [0.2, 0.25) is 10.0 Å². The van der Waals surface area contributed by atoms with Crippen molar-refractivity contribution in [1.29, 1.82) is 0 Å². The van der Waals surface area contributed by atoms with Crippen molar-refractivity contribution < 1.29 is 13.2 Å². The minimum atomic E-state index is -3.23. The first-order valence-electron chi connectivity index (χ1n) is 10.2. The molecule has 8 heteroatoms. The highest BCUT2D eigenvalue weighted by molar-refractivity contribution is 7.89. The predicted octanol–water partition coefficient (Wildman–Crippen LogP) is 4.30. The maximum Gasteiger partial charge on any atom is 0.211 e. The zero-order valence-corrected chi connectivity index (χ0v) is 19.4. The molecule has 0 bridgehead atoms. The Morgan fingerprint density at radius 1 is 1.20 bits per heavy atom. The molecule has 0 radical (unpaired) electrons. The van der Waals surface area contributed by atoms with E-state index < -0.39 is 10.0 Å². The molecule has 0 saturated heterocycles. The van der Waals surface area contributed by atoms with E-state index in [-0.39, 0.29) is 30.9 Å². The number of ether oxygens (including phenoxy) is 1. The van der Waals surface area contributed by atoms with Crippen LogP contribution in [-0.4, -0.2) is 33.4 Å². The molecule has 1 aliphatic carbocycles. The lowest BCUT2D eigenvalue weighted by molar-refractivity contribution is 0.321. The van der Waals surface area contributed by atoms with Crippen LogP contribution in [0.3, 0.4) is 0 Å². The second-order valence-corrected chi connectivity index (χ2v) is 10.4. The summed E-state index contributed by atoms with van der Waals surface area (Å²) >= 11 is 12.4. The van der Waals surface area contributed by atoms with E-state index in [0.29, 0.717) is 22.2 Å². The van der Waals surface area contributed by atoms with Gasteiger partial charge in [0.1, 0.15) is 12.4 Å². The van der Waals surface area contributed by atoms with E-state index in [2.05, 4.69) is 10.8 Å². The van der Waals surface area contributed by atoms with E-state index in [9.17, 15) is 8.42 Å². The van der Waals surface area contributed by atoms with Gasteiger partial charge in [-0.1, -0.05) is 42.3 Å². The first-order valence-corrected chi connectivity index (χ1v) is 12.6. The zero-order chi connectivity index (χ0) is 21.7. The van der Waals surface area contributed by atoms with E-state index >= 15 is 0 Å². The standard InChI is InChI=1S/C22H28Cl2N2O3S/c1-2-11-30(27,28)26-9-10-29-18-7-4-15-5-8-22(25)20(19(15)14-18)12-16-3-6-17(23)13-21(16)24/h3-4,6-7,13-14,20,22,26H,2,5,8-12,25H2,1H3. The third kappa shape index (κ3) is 6.11. The van der Waals surface area contributed by atoms with Crippen LogP contribution in [-0.2, 0) is 22.9 Å². The fraction of sp³-hybridized carbons (Fsp3) is 0.455. The van der Waals surface area contributed by atoms with Gasteiger partial charge in [-0.25, -0.2) is 13.1 Å². The van der Waals surface area contributed by atoms with Gasteiger partial charge in [0.25, 0.3) is 0 Å². The molecule has 2 unspecified atom stereocenters. The predicted molar refractivity (Wildman–Crippen MR) is 123 cm³/mol. The largest absolute Gasteiger partial charge is 0.492 e. The number of aryl methyl sites for hydroxylation is 1. The van der Waals surface area contributed by atoms with E-state index in [1.165, 1.54) is 11.1 Å². The van der Waals surface area contributed by atoms with E-state index in [4.69, 9.17) is 33.7 Å². The number of benzene rings is 2. The van der Waals surface area contributed by atoms with Crippen molar-refractivity contribution in [3.8, 4) is 5.75 Å². The Kier molecular flexibility index (Phi) is 8.04. The van der Waals surface area contributed by atoms with E-state index in [1.807, 2.05) is 31.2 Å². The van der Waals surface area contributed by atoms with Crippen LogP contribution < -0.4 is 15.2 Å². The Bertz CT molecular complexity index is 982. The smallest absolute Gasteiger partial charge is 0.211 e. The second kappa shape index (κ2) is 10.3. The van der Waals surface area contributed by atoms with Gasteiger partial charge < -0.3 is 10.5 Å². The van der Waals surface area contributed by atoms with Crippen LogP contribution in [0, 0.1) is 0 Å². The van der Waals surface area contributed by atoms with Crippen molar-refractivity contribution in [2.24, 2.45) is 5.73 Å². The summed E-state index contributed by atoms with van der Waals surface area (Å²) in [5.41, 5.74) is 9.94. The van der Waals surface area contributed by atoms with Crippen LogP contribution in [0.4, 0.5) is 0 Å². The van der Waals surface area contributed by atoms with Gasteiger partial charge in [0, 0.05) is 28.5 Å². The molecule has 0 heterocycles. The van der Waals surface area contributed by atoms with Gasteiger partial charge in [-0.05, 0) is 66.6 Å². The lowest BCUT2D eigenvalue weighted by Crippen LogP contribution is -2.34. The molecule has 164 valence electrons. The number of hydrogen-bond acceptors (Lipinski definition) is 4. The summed E-state index contributed by atoms with van der Waals surface area (Å²) in [6.45, 7) is 2.34. The molecule has 3 N–H and O–H groups in total. The van der Waals surface area contributed by atoms with Crippen molar-refractivity contribution in [3.05, 3.63) is 63.1 Å². The first kappa shape index (κ1) is 23.4. The van der Waals surface area contributed by atoms with Gasteiger partial charge >= 0.3 is 0 Å². The summed E-state index contributed by atoms with van der Waals surface area (Å²) in [7, 11) is -3.23. The van der Waals surface area contributed by atoms with Crippen molar-refractivity contribution in [3.63, 3.8) is 0 Å². The molecule has 0 saturated carbocycles. The molecule has 0 aromatic heterocycles. The molecule has 5 nitrogen and oxygen atoms in total. The molecular formula is C22H28Cl2N2O3S. The van der Waals surface area contributed by atoms with E-state index in [1.54, 1.807) is 6.07 Å².